The normalized spacial score (nSPS) is 17.8. The Morgan fingerprint density at radius 2 is 2.17 bits per heavy atom. The summed E-state index contributed by atoms with van der Waals surface area (Å²) in [6.07, 6.45) is 4.45. The molecule has 134 valence electrons. The van der Waals surface area contributed by atoms with E-state index in [0.717, 1.165) is 31.4 Å². The summed E-state index contributed by atoms with van der Waals surface area (Å²) in [7, 11) is 0. The molecule has 2 rings (SSSR count). The lowest BCUT2D eigenvalue weighted by Gasteiger charge is -2.36. The number of likely N-dealkylation sites (tertiary alicyclic amines) is 1. The summed E-state index contributed by atoms with van der Waals surface area (Å²) in [5.74, 6) is 1.31. The van der Waals surface area contributed by atoms with Gasteiger partial charge < -0.3 is 20.1 Å². The number of aliphatic hydroxyl groups excluding tert-OH is 1. The molecule has 5 nitrogen and oxygen atoms in total. The van der Waals surface area contributed by atoms with E-state index in [1.54, 1.807) is 0 Å². The molecule has 5 heteroatoms. The van der Waals surface area contributed by atoms with Crippen LogP contribution in [0.1, 0.15) is 45.1 Å². The quantitative estimate of drug-likeness (QED) is 0.805. The number of piperidine rings is 1. The lowest BCUT2D eigenvalue weighted by atomic mass is 9.94. The summed E-state index contributed by atoms with van der Waals surface area (Å²) in [5.41, 5.74) is 0.928. The largest absolute Gasteiger partial charge is 0.491 e. The Bertz CT molecular complexity index is 519. The minimum absolute atomic E-state index is 0.0114. The number of para-hydroxylation sites is 1. The fourth-order valence-corrected chi connectivity index (χ4v) is 3.28. The van der Waals surface area contributed by atoms with Crippen LogP contribution in [0, 0.1) is 5.92 Å². The van der Waals surface area contributed by atoms with Crippen LogP contribution < -0.4 is 10.1 Å². The van der Waals surface area contributed by atoms with Crippen molar-refractivity contribution in [2.24, 2.45) is 5.92 Å². The van der Waals surface area contributed by atoms with E-state index in [-0.39, 0.29) is 19.2 Å². The molecule has 1 saturated heterocycles. The third kappa shape index (κ3) is 5.41. The molecule has 2 N–H and O–H groups in total. The molecule has 1 aliphatic heterocycles. The van der Waals surface area contributed by atoms with E-state index in [1.807, 2.05) is 29.2 Å². The maximum absolute atomic E-state index is 12.6. The first-order chi connectivity index (χ1) is 11.6. The zero-order valence-electron chi connectivity index (χ0n) is 14.8. The minimum atomic E-state index is -0.0225. The molecule has 0 spiro atoms. The van der Waals surface area contributed by atoms with E-state index in [4.69, 9.17) is 9.84 Å². The molecular formula is C19H30N2O3. The monoisotopic (exact) mass is 334 g/mol. The van der Waals surface area contributed by atoms with Crippen LogP contribution in [0.25, 0.3) is 0 Å². The number of nitrogens with zero attached hydrogens (tertiary/aromatic N) is 1. The van der Waals surface area contributed by atoms with Crippen molar-refractivity contribution < 1.29 is 14.6 Å². The molecular weight excluding hydrogens is 304 g/mol. The van der Waals surface area contributed by atoms with E-state index in [0.29, 0.717) is 24.3 Å². The molecule has 24 heavy (non-hydrogen) atoms. The highest BCUT2D eigenvalue weighted by atomic mass is 16.5. The van der Waals surface area contributed by atoms with Gasteiger partial charge in [0.25, 0.3) is 0 Å². The molecule has 1 aromatic rings. The molecule has 1 atom stereocenters. The van der Waals surface area contributed by atoms with Gasteiger partial charge in [0.05, 0.1) is 6.61 Å². The summed E-state index contributed by atoms with van der Waals surface area (Å²) >= 11 is 0. The van der Waals surface area contributed by atoms with E-state index in [2.05, 4.69) is 19.2 Å². The first kappa shape index (κ1) is 18.6. The number of nitrogens with one attached hydrogen (secondary N) is 1. The number of hydrogen-bond donors (Lipinski definition) is 2. The summed E-state index contributed by atoms with van der Waals surface area (Å²) in [6, 6.07) is 7.97. The Labute approximate surface area is 145 Å². The van der Waals surface area contributed by atoms with Gasteiger partial charge in [0.1, 0.15) is 12.4 Å². The number of aliphatic hydroxyl groups is 1. The number of amides is 2. The lowest BCUT2D eigenvalue weighted by Crippen LogP contribution is -2.48. The number of benzene rings is 1. The standard InChI is InChI=1S/C19H30N2O3/c1-15(2)13-17-8-5-6-10-21(17)19(23)20-14-16-7-3-4-9-18(16)24-12-11-22/h3-4,7,9,15,17,22H,5-6,8,10-14H2,1-2H3,(H,20,23). The van der Waals surface area contributed by atoms with Crippen molar-refractivity contribution in [3.8, 4) is 5.75 Å². The fraction of sp³-hybridized carbons (Fsp3) is 0.632. The second kappa shape index (κ2) is 9.52. The van der Waals surface area contributed by atoms with Gasteiger partial charge in [-0.05, 0) is 37.7 Å². The predicted molar refractivity (Wildman–Crippen MR) is 95.1 cm³/mol. The highest BCUT2D eigenvalue weighted by Crippen LogP contribution is 2.23. The van der Waals surface area contributed by atoms with Crippen LogP contribution in [0.4, 0.5) is 4.79 Å². The minimum Gasteiger partial charge on any atom is -0.491 e. The van der Waals surface area contributed by atoms with Gasteiger partial charge in [-0.3, -0.25) is 0 Å². The second-order valence-corrected chi connectivity index (χ2v) is 6.81. The molecule has 2 amide bonds. The number of hydrogen-bond acceptors (Lipinski definition) is 3. The average molecular weight is 334 g/mol. The molecule has 0 aliphatic carbocycles. The molecule has 0 bridgehead atoms. The van der Waals surface area contributed by atoms with Gasteiger partial charge in [0.2, 0.25) is 0 Å². The van der Waals surface area contributed by atoms with Crippen LogP contribution >= 0.6 is 0 Å². The van der Waals surface area contributed by atoms with E-state index < -0.39 is 0 Å². The maximum atomic E-state index is 12.6. The Morgan fingerprint density at radius 3 is 2.92 bits per heavy atom. The lowest BCUT2D eigenvalue weighted by molar-refractivity contribution is 0.139. The Balaban J connectivity index is 1.94. The summed E-state index contributed by atoms with van der Waals surface area (Å²) in [4.78, 5) is 14.6. The number of carbonyl (C=O) groups excluding carboxylic acids is 1. The maximum Gasteiger partial charge on any atom is 0.317 e. The smallest absolute Gasteiger partial charge is 0.317 e. The number of rotatable bonds is 7. The van der Waals surface area contributed by atoms with E-state index in [9.17, 15) is 4.79 Å². The molecule has 1 heterocycles. The van der Waals surface area contributed by atoms with Crippen LogP contribution in [0.3, 0.4) is 0 Å². The van der Waals surface area contributed by atoms with Crippen molar-refractivity contribution in [2.75, 3.05) is 19.8 Å². The molecule has 1 aliphatic rings. The number of urea groups is 1. The van der Waals surface area contributed by atoms with Crippen LogP contribution in [0.15, 0.2) is 24.3 Å². The van der Waals surface area contributed by atoms with E-state index in [1.165, 1.54) is 6.42 Å². The summed E-state index contributed by atoms with van der Waals surface area (Å²) < 4.78 is 5.52. The zero-order valence-corrected chi connectivity index (χ0v) is 14.8. The number of ether oxygens (including phenoxy) is 1. The van der Waals surface area contributed by atoms with Crippen LogP contribution in [-0.4, -0.2) is 41.8 Å². The van der Waals surface area contributed by atoms with Crippen LogP contribution in [0.5, 0.6) is 5.75 Å². The van der Waals surface area contributed by atoms with Crippen molar-refractivity contribution in [1.29, 1.82) is 0 Å². The first-order valence-electron chi connectivity index (χ1n) is 8.98. The summed E-state index contributed by atoms with van der Waals surface area (Å²) in [6.45, 7) is 5.93. The zero-order chi connectivity index (χ0) is 17.4. The molecule has 0 radical (unpaired) electrons. The van der Waals surface area contributed by atoms with Gasteiger partial charge >= 0.3 is 6.03 Å². The number of carbonyl (C=O) groups is 1. The van der Waals surface area contributed by atoms with Crippen molar-refractivity contribution in [3.63, 3.8) is 0 Å². The van der Waals surface area contributed by atoms with Crippen molar-refractivity contribution in [2.45, 2.75) is 52.1 Å². The van der Waals surface area contributed by atoms with Crippen LogP contribution in [0.2, 0.25) is 0 Å². The van der Waals surface area contributed by atoms with Gasteiger partial charge in [-0.1, -0.05) is 32.0 Å². The third-order valence-electron chi connectivity index (χ3n) is 4.38. The Hall–Kier alpha value is -1.75. The Kier molecular flexibility index (Phi) is 7.37. The predicted octanol–water partition coefficient (Wildman–Crippen LogP) is 3.17. The van der Waals surface area contributed by atoms with Gasteiger partial charge in [-0.25, -0.2) is 4.79 Å². The van der Waals surface area contributed by atoms with Gasteiger partial charge in [-0.2, -0.15) is 0 Å². The molecule has 1 fully saturated rings. The Morgan fingerprint density at radius 1 is 1.38 bits per heavy atom. The molecule has 0 saturated carbocycles. The van der Waals surface area contributed by atoms with Crippen molar-refractivity contribution >= 4 is 6.03 Å². The molecule has 1 aromatic carbocycles. The fourth-order valence-electron chi connectivity index (χ4n) is 3.28. The van der Waals surface area contributed by atoms with Crippen molar-refractivity contribution in [3.05, 3.63) is 29.8 Å². The highest BCUT2D eigenvalue weighted by molar-refractivity contribution is 5.74. The third-order valence-corrected chi connectivity index (χ3v) is 4.38. The van der Waals surface area contributed by atoms with Crippen molar-refractivity contribution in [1.82, 2.24) is 10.2 Å². The first-order valence-corrected chi connectivity index (χ1v) is 8.98. The van der Waals surface area contributed by atoms with Crippen LogP contribution in [-0.2, 0) is 6.54 Å². The average Bonchev–Trinajstić information content (AvgIpc) is 2.58. The summed E-state index contributed by atoms with van der Waals surface area (Å²) in [5, 5.41) is 11.9. The topological polar surface area (TPSA) is 61.8 Å². The van der Waals surface area contributed by atoms with Gasteiger partial charge in [-0.15, -0.1) is 0 Å². The highest BCUT2D eigenvalue weighted by Gasteiger charge is 2.27. The van der Waals surface area contributed by atoms with Gasteiger partial charge in [0.15, 0.2) is 0 Å². The SMILES string of the molecule is CC(C)CC1CCCCN1C(=O)NCc1ccccc1OCCO. The second-order valence-electron chi connectivity index (χ2n) is 6.81. The molecule has 1 unspecified atom stereocenters. The van der Waals surface area contributed by atoms with E-state index >= 15 is 0 Å². The van der Waals surface area contributed by atoms with Gasteiger partial charge in [0, 0.05) is 24.7 Å². The molecule has 0 aromatic heterocycles.